The van der Waals surface area contributed by atoms with Crippen molar-refractivity contribution in [2.75, 3.05) is 5.75 Å². The molecule has 0 aromatic heterocycles. The molecule has 2 aromatic carbocycles. The molecule has 2 aliphatic rings. The molecule has 13 nitrogen and oxygen atoms in total. The lowest BCUT2D eigenvalue weighted by atomic mass is 9.81. The van der Waals surface area contributed by atoms with Gasteiger partial charge >= 0.3 is 19.1 Å². The maximum atomic E-state index is 12.1. The van der Waals surface area contributed by atoms with Crippen LogP contribution in [-0.2, 0) is 10.3 Å². The fourth-order valence-corrected chi connectivity index (χ4v) is 5.96. The fraction of sp³-hybridized carbons (Fsp3) is 0.364. The number of fused-ring (bicyclic) bond motifs is 1. The molecule has 15 heteroatoms. The molecule has 0 radical (unpaired) electrons. The van der Waals surface area contributed by atoms with Crippen LogP contribution in [0.15, 0.2) is 65.8 Å². The number of nitrogens with zero attached hydrogens (tertiary/aromatic N) is 4. The van der Waals surface area contributed by atoms with E-state index in [1.54, 1.807) is 42.1 Å². The predicted molar refractivity (Wildman–Crippen MR) is 137 cm³/mol. The zero-order chi connectivity index (χ0) is 27.0. The van der Waals surface area contributed by atoms with Gasteiger partial charge in [-0.05, 0) is 23.0 Å². The number of carboxylic acid groups (broad SMARTS) is 1. The molecule has 0 bridgehead atoms. The van der Waals surface area contributed by atoms with E-state index in [1.165, 1.54) is 24.3 Å². The normalized spacial score (nSPS) is 22.0. The second-order valence-electron chi connectivity index (χ2n) is 8.41. The Balaban J connectivity index is 0.000000356. The van der Waals surface area contributed by atoms with Crippen LogP contribution in [0.2, 0.25) is 0 Å². The van der Waals surface area contributed by atoms with E-state index < -0.39 is 29.6 Å². The minimum absolute atomic E-state index is 0.0490. The van der Waals surface area contributed by atoms with Crippen LogP contribution in [-0.4, -0.2) is 68.3 Å². The molecule has 0 aliphatic carbocycles. The molecule has 194 valence electrons. The van der Waals surface area contributed by atoms with Crippen molar-refractivity contribution in [3.63, 3.8) is 0 Å². The van der Waals surface area contributed by atoms with Crippen molar-refractivity contribution in [1.29, 1.82) is 0 Å². The number of amides is 2. The molecule has 2 aliphatic heterocycles. The van der Waals surface area contributed by atoms with E-state index in [0.717, 1.165) is 0 Å². The highest BCUT2D eigenvalue weighted by Gasteiger charge is 2.55. The number of azide groups is 1. The first kappa shape index (κ1) is 27.8. The largest absolute Gasteiger partial charge is 0.488 e. The predicted octanol–water partition coefficient (Wildman–Crippen LogP) is 1.23. The second-order valence-corrected chi connectivity index (χ2v) is 9.68. The Morgan fingerprint density at radius 1 is 1.22 bits per heavy atom. The minimum Gasteiger partial charge on any atom is -0.480 e. The number of urea groups is 1. The van der Waals surface area contributed by atoms with Crippen LogP contribution < -0.4 is 16.1 Å². The SMILES string of the molecule is OB(O)c1ccccc1.[N-]=[N+]=NC(C(=O)O)(c1ccccc1)C(CC[C@@H]1SC[C@@H]2NC(=O)N[C@@H]21)[N+](=O)[O-]. The summed E-state index contributed by atoms with van der Waals surface area (Å²) < 4.78 is 0. The Morgan fingerprint density at radius 3 is 2.35 bits per heavy atom. The molecule has 5 atom stereocenters. The summed E-state index contributed by atoms with van der Waals surface area (Å²) in [5.74, 6) is -0.901. The van der Waals surface area contributed by atoms with Gasteiger partial charge in [-0.15, -0.1) is 0 Å². The number of carbonyl (C=O) groups is 2. The lowest BCUT2D eigenvalue weighted by Crippen LogP contribution is -2.49. The van der Waals surface area contributed by atoms with Crippen LogP contribution in [0.5, 0.6) is 0 Å². The van der Waals surface area contributed by atoms with E-state index in [1.807, 2.05) is 6.07 Å². The van der Waals surface area contributed by atoms with Crippen molar-refractivity contribution in [3.8, 4) is 0 Å². The van der Waals surface area contributed by atoms with Crippen LogP contribution in [0.3, 0.4) is 0 Å². The number of nitrogens with one attached hydrogen (secondary N) is 2. The Kier molecular flexibility index (Phi) is 9.36. The molecular weight excluding hydrogens is 503 g/mol. The Labute approximate surface area is 216 Å². The van der Waals surface area contributed by atoms with Gasteiger partial charge < -0.3 is 25.8 Å². The van der Waals surface area contributed by atoms with E-state index in [4.69, 9.17) is 15.6 Å². The molecule has 2 amide bonds. The van der Waals surface area contributed by atoms with Gasteiger partial charge in [-0.25, -0.2) is 4.79 Å². The molecule has 2 fully saturated rings. The highest BCUT2D eigenvalue weighted by atomic mass is 32.2. The first-order valence-electron chi connectivity index (χ1n) is 11.3. The first-order valence-corrected chi connectivity index (χ1v) is 12.3. The average molecular weight is 528 g/mol. The fourth-order valence-electron chi connectivity index (χ4n) is 4.45. The third kappa shape index (κ3) is 6.32. The van der Waals surface area contributed by atoms with Crippen molar-refractivity contribution < 1.29 is 29.7 Å². The average Bonchev–Trinajstić information content (AvgIpc) is 3.43. The van der Waals surface area contributed by atoms with Crippen LogP contribution in [0, 0.1) is 10.1 Å². The molecule has 0 spiro atoms. The van der Waals surface area contributed by atoms with Gasteiger partial charge in [0, 0.05) is 27.3 Å². The Hall–Kier alpha value is -3.78. The number of rotatable bonds is 9. The van der Waals surface area contributed by atoms with Gasteiger partial charge in [-0.2, -0.15) is 11.8 Å². The molecule has 2 aromatic rings. The third-order valence-electron chi connectivity index (χ3n) is 6.24. The summed E-state index contributed by atoms with van der Waals surface area (Å²) in [6.45, 7) is 0. The number of hydrogen-bond acceptors (Lipinski definition) is 8. The van der Waals surface area contributed by atoms with Crippen molar-refractivity contribution in [2.24, 2.45) is 5.11 Å². The maximum absolute atomic E-state index is 12.1. The highest BCUT2D eigenvalue weighted by Crippen LogP contribution is 2.38. The highest BCUT2D eigenvalue weighted by molar-refractivity contribution is 8.00. The molecule has 2 heterocycles. The number of thioether (sulfide) groups is 1. The lowest BCUT2D eigenvalue weighted by molar-refractivity contribution is -0.533. The molecule has 5 N–H and O–H groups in total. The zero-order valence-corrected chi connectivity index (χ0v) is 20.3. The molecule has 0 saturated carbocycles. The molecule has 2 saturated heterocycles. The van der Waals surface area contributed by atoms with E-state index in [-0.39, 0.29) is 35.3 Å². The minimum atomic E-state index is -2.36. The van der Waals surface area contributed by atoms with Gasteiger partial charge in [-0.3, -0.25) is 14.9 Å². The summed E-state index contributed by atoms with van der Waals surface area (Å²) in [5, 5.41) is 47.8. The summed E-state index contributed by atoms with van der Waals surface area (Å²) in [7, 11) is -1.34. The lowest BCUT2D eigenvalue weighted by Gasteiger charge is -2.28. The number of carboxylic acids is 1. The van der Waals surface area contributed by atoms with Crippen LogP contribution in [0.4, 0.5) is 4.79 Å². The Bertz CT molecular complexity index is 1150. The van der Waals surface area contributed by atoms with Crippen molar-refractivity contribution in [1.82, 2.24) is 10.6 Å². The quantitative estimate of drug-likeness (QED) is 0.0606. The maximum Gasteiger partial charge on any atom is 0.488 e. The van der Waals surface area contributed by atoms with Crippen molar-refractivity contribution >= 4 is 36.3 Å². The van der Waals surface area contributed by atoms with Crippen molar-refractivity contribution in [3.05, 3.63) is 86.8 Å². The monoisotopic (exact) mass is 528 g/mol. The number of aliphatic carboxylic acids is 1. The Morgan fingerprint density at radius 2 is 1.84 bits per heavy atom. The third-order valence-corrected chi connectivity index (χ3v) is 7.75. The summed E-state index contributed by atoms with van der Waals surface area (Å²) in [4.78, 5) is 37.4. The summed E-state index contributed by atoms with van der Waals surface area (Å²) in [6, 6.07) is 14.0. The summed E-state index contributed by atoms with van der Waals surface area (Å²) in [6.07, 6.45) is 0.173. The number of carbonyl (C=O) groups excluding carboxylic acids is 1. The molecule has 4 rings (SSSR count). The van der Waals surface area contributed by atoms with E-state index in [0.29, 0.717) is 17.6 Å². The van der Waals surface area contributed by atoms with E-state index in [9.17, 15) is 24.8 Å². The van der Waals surface area contributed by atoms with Gasteiger partial charge in [0.1, 0.15) is 0 Å². The van der Waals surface area contributed by atoms with E-state index in [2.05, 4.69) is 20.7 Å². The van der Waals surface area contributed by atoms with Gasteiger partial charge in [0.25, 0.3) is 0 Å². The van der Waals surface area contributed by atoms with E-state index >= 15 is 0 Å². The molecule has 2 unspecified atom stereocenters. The molecule has 37 heavy (non-hydrogen) atoms. The van der Waals surface area contributed by atoms with Gasteiger partial charge in [0.15, 0.2) is 0 Å². The molecular formula is C22H25BN6O7S. The van der Waals surface area contributed by atoms with Crippen molar-refractivity contribution in [2.45, 2.75) is 41.8 Å². The smallest absolute Gasteiger partial charge is 0.480 e. The van der Waals surface area contributed by atoms with Crippen LogP contribution in [0.25, 0.3) is 10.4 Å². The van der Waals surface area contributed by atoms with Crippen LogP contribution in [0.1, 0.15) is 18.4 Å². The zero-order valence-electron chi connectivity index (χ0n) is 19.5. The van der Waals surface area contributed by atoms with Gasteiger partial charge in [0.05, 0.1) is 12.1 Å². The topological polar surface area (TPSA) is 211 Å². The first-order chi connectivity index (χ1) is 17.7. The number of nitro groups is 1. The summed E-state index contributed by atoms with van der Waals surface area (Å²) in [5.41, 5.74) is 7.20. The standard InChI is InChI=1S/C16H18N6O5S.C6H7BO2/c17-21-20-16(14(23)24,9-4-2-1-3-5-9)12(22(26)27)7-6-11-13-10(8-28-11)18-15(25)19-13;8-7(9)6-4-2-1-3-5-6/h1-5,10-13H,6-8H2,(H,23,24)(H2,18,19,25);1-5,8-9H/t10-,11-,12?,13-,16?;/m0./s1. The van der Waals surface area contributed by atoms with Gasteiger partial charge in [-0.1, -0.05) is 65.8 Å². The van der Waals surface area contributed by atoms with Crippen LogP contribution >= 0.6 is 11.8 Å². The number of benzene rings is 2. The summed E-state index contributed by atoms with van der Waals surface area (Å²) >= 11 is 1.57. The second kappa shape index (κ2) is 12.5. The van der Waals surface area contributed by atoms with Gasteiger partial charge in [0.2, 0.25) is 11.6 Å². The number of hydrogen-bond donors (Lipinski definition) is 5.